The van der Waals surface area contributed by atoms with Crippen molar-refractivity contribution < 1.29 is 19.1 Å². The zero-order valence-electron chi connectivity index (χ0n) is 13.6. The van der Waals surface area contributed by atoms with Gasteiger partial charge < -0.3 is 15.0 Å². The standard InChI is InChI=1S/C16H20N2O4S2/c1-22-16(21)14-10-5-3-2-4-6-11(10)24-15(14)17-12(19)7-18-9-23-8-13(18)20/h2-9H2,1H3,(H,17,19). The molecule has 1 aromatic rings. The lowest BCUT2D eigenvalue weighted by Gasteiger charge is -2.14. The van der Waals surface area contributed by atoms with E-state index >= 15 is 0 Å². The maximum atomic E-state index is 12.3. The van der Waals surface area contributed by atoms with Crippen LogP contribution in [0.3, 0.4) is 0 Å². The van der Waals surface area contributed by atoms with Gasteiger partial charge in [0.25, 0.3) is 0 Å². The quantitative estimate of drug-likeness (QED) is 0.652. The summed E-state index contributed by atoms with van der Waals surface area (Å²) < 4.78 is 4.92. The average Bonchev–Trinajstić information content (AvgIpc) is 3.02. The van der Waals surface area contributed by atoms with Crippen molar-refractivity contribution in [2.75, 3.05) is 30.6 Å². The summed E-state index contributed by atoms with van der Waals surface area (Å²) >= 11 is 2.96. The van der Waals surface area contributed by atoms with E-state index in [-0.39, 0.29) is 18.4 Å². The topological polar surface area (TPSA) is 75.7 Å². The molecule has 6 nitrogen and oxygen atoms in total. The summed E-state index contributed by atoms with van der Waals surface area (Å²) in [4.78, 5) is 38.8. The highest BCUT2D eigenvalue weighted by molar-refractivity contribution is 8.00. The molecule has 2 heterocycles. The number of hydrogen-bond acceptors (Lipinski definition) is 6. The van der Waals surface area contributed by atoms with Crippen LogP contribution in [-0.2, 0) is 27.2 Å². The summed E-state index contributed by atoms with van der Waals surface area (Å²) in [6, 6.07) is 0. The number of thioether (sulfide) groups is 1. The summed E-state index contributed by atoms with van der Waals surface area (Å²) in [5.41, 5.74) is 1.52. The van der Waals surface area contributed by atoms with Gasteiger partial charge in [0.05, 0.1) is 24.3 Å². The first-order valence-electron chi connectivity index (χ1n) is 7.98. The number of nitrogens with zero attached hydrogens (tertiary/aromatic N) is 1. The number of amides is 2. The highest BCUT2D eigenvalue weighted by Crippen LogP contribution is 2.38. The third-order valence-corrected chi connectivity index (χ3v) is 6.38. The fraction of sp³-hybridized carbons (Fsp3) is 0.562. The molecule has 0 atom stereocenters. The fourth-order valence-electron chi connectivity index (χ4n) is 3.03. The Balaban J connectivity index is 1.80. The molecule has 2 amide bonds. The highest BCUT2D eigenvalue weighted by Gasteiger charge is 2.28. The molecule has 0 bridgehead atoms. The zero-order valence-corrected chi connectivity index (χ0v) is 15.2. The molecule has 3 rings (SSSR count). The van der Waals surface area contributed by atoms with Crippen LogP contribution < -0.4 is 5.32 Å². The molecule has 2 aliphatic rings. The first-order chi connectivity index (χ1) is 11.6. The Morgan fingerprint density at radius 2 is 2.04 bits per heavy atom. The second-order valence-corrected chi connectivity index (χ2v) is 7.94. The number of thiophene rings is 1. The van der Waals surface area contributed by atoms with E-state index in [0.717, 1.165) is 42.5 Å². The Bertz CT molecular complexity index is 671. The van der Waals surface area contributed by atoms with Gasteiger partial charge in [-0.15, -0.1) is 23.1 Å². The van der Waals surface area contributed by atoms with Gasteiger partial charge in [0, 0.05) is 4.88 Å². The molecular weight excluding hydrogens is 348 g/mol. The average molecular weight is 368 g/mol. The van der Waals surface area contributed by atoms with Gasteiger partial charge in [0.1, 0.15) is 11.5 Å². The van der Waals surface area contributed by atoms with Crippen LogP contribution in [0.1, 0.15) is 40.1 Å². The molecule has 0 aromatic carbocycles. The minimum Gasteiger partial charge on any atom is -0.465 e. The molecule has 24 heavy (non-hydrogen) atoms. The number of methoxy groups -OCH3 is 1. The number of hydrogen-bond donors (Lipinski definition) is 1. The van der Waals surface area contributed by atoms with Crippen LogP contribution in [0.5, 0.6) is 0 Å². The van der Waals surface area contributed by atoms with Crippen LogP contribution >= 0.6 is 23.1 Å². The second-order valence-electron chi connectivity index (χ2n) is 5.88. The van der Waals surface area contributed by atoms with Gasteiger partial charge in [-0.3, -0.25) is 9.59 Å². The lowest BCUT2D eigenvalue weighted by molar-refractivity contribution is -0.130. The second kappa shape index (κ2) is 7.57. The van der Waals surface area contributed by atoms with Gasteiger partial charge in [-0.1, -0.05) is 6.42 Å². The summed E-state index contributed by atoms with van der Waals surface area (Å²) in [6.45, 7) is 0.0228. The van der Waals surface area contributed by atoms with Crippen molar-refractivity contribution in [2.24, 2.45) is 0 Å². The van der Waals surface area contributed by atoms with Gasteiger partial charge in [0.2, 0.25) is 11.8 Å². The normalized spacial score (nSPS) is 17.4. The Kier molecular flexibility index (Phi) is 5.45. The third kappa shape index (κ3) is 3.59. The van der Waals surface area contributed by atoms with Crippen molar-refractivity contribution in [3.8, 4) is 0 Å². The van der Waals surface area contributed by atoms with E-state index in [9.17, 15) is 14.4 Å². The van der Waals surface area contributed by atoms with Gasteiger partial charge in [-0.25, -0.2) is 4.79 Å². The first kappa shape index (κ1) is 17.3. The van der Waals surface area contributed by atoms with E-state index < -0.39 is 5.97 Å². The molecule has 8 heteroatoms. The van der Waals surface area contributed by atoms with Crippen LogP contribution in [0.4, 0.5) is 5.00 Å². The molecular formula is C16H20N2O4S2. The van der Waals surface area contributed by atoms with Crippen molar-refractivity contribution in [2.45, 2.75) is 32.1 Å². The van der Waals surface area contributed by atoms with Gasteiger partial charge >= 0.3 is 5.97 Å². The third-order valence-electron chi connectivity index (χ3n) is 4.22. The van der Waals surface area contributed by atoms with Crippen LogP contribution in [0.25, 0.3) is 0 Å². The maximum absolute atomic E-state index is 12.3. The smallest absolute Gasteiger partial charge is 0.341 e. The minimum absolute atomic E-state index is 0.0228. The number of carbonyl (C=O) groups is 3. The van der Waals surface area contributed by atoms with E-state index in [2.05, 4.69) is 5.32 Å². The Labute approximate surface area is 148 Å². The van der Waals surface area contributed by atoms with Crippen molar-refractivity contribution in [1.82, 2.24) is 4.90 Å². The van der Waals surface area contributed by atoms with E-state index in [0.29, 0.717) is 22.2 Å². The molecule has 0 radical (unpaired) electrons. The predicted octanol–water partition coefficient (Wildman–Crippen LogP) is 2.28. The van der Waals surface area contributed by atoms with Gasteiger partial charge in [-0.05, 0) is 31.2 Å². The van der Waals surface area contributed by atoms with Gasteiger partial charge in [0.15, 0.2) is 0 Å². The van der Waals surface area contributed by atoms with Crippen molar-refractivity contribution in [3.05, 3.63) is 16.0 Å². The SMILES string of the molecule is COC(=O)c1c(NC(=O)CN2CSCC2=O)sc2c1CCCCC2. The number of carbonyl (C=O) groups excluding carboxylic acids is 3. The Morgan fingerprint density at radius 1 is 1.25 bits per heavy atom. The lowest BCUT2D eigenvalue weighted by atomic mass is 10.1. The van der Waals surface area contributed by atoms with Crippen LogP contribution in [0.15, 0.2) is 0 Å². The molecule has 1 saturated heterocycles. The molecule has 1 fully saturated rings. The Morgan fingerprint density at radius 3 is 2.75 bits per heavy atom. The number of ether oxygens (including phenoxy) is 1. The van der Waals surface area contributed by atoms with Crippen molar-refractivity contribution >= 4 is 45.9 Å². The molecule has 130 valence electrons. The summed E-state index contributed by atoms with van der Waals surface area (Å²) in [5.74, 6) is 0.264. The number of rotatable bonds is 4. The fourth-order valence-corrected chi connectivity index (χ4v) is 5.23. The molecule has 1 aliphatic heterocycles. The molecule has 1 aromatic heterocycles. The number of anilines is 1. The summed E-state index contributed by atoms with van der Waals surface area (Å²) in [6.07, 6.45) is 5.06. The summed E-state index contributed by atoms with van der Waals surface area (Å²) in [7, 11) is 1.36. The molecule has 1 N–H and O–H groups in total. The number of fused-ring (bicyclic) bond motifs is 1. The molecule has 0 spiro atoms. The van der Waals surface area contributed by atoms with Crippen molar-refractivity contribution in [1.29, 1.82) is 0 Å². The first-order valence-corrected chi connectivity index (χ1v) is 9.95. The number of nitrogens with one attached hydrogen (secondary N) is 1. The van der Waals surface area contributed by atoms with E-state index in [1.807, 2.05) is 0 Å². The van der Waals surface area contributed by atoms with Crippen LogP contribution in [-0.4, -0.2) is 48.0 Å². The summed E-state index contributed by atoms with van der Waals surface area (Å²) in [5, 5.41) is 3.38. The van der Waals surface area contributed by atoms with E-state index in [1.54, 1.807) is 0 Å². The number of aryl methyl sites for hydroxylation is 1. The predicted molar refractivity (Wildman–Crippen MR) is 94.6 cm³/mol. The number of esters is 1. The highest BCUT2D eigenvalue weighted by atomic mass is 32.2. The largest absolute Gasteiger partial charge is 0.465 e. The molecule has 1 aliphatic carbocycles. The van der Waals surface area contributed by atoms with Crippen LogP contribution in [0, 0.1) is 0 Å². The molecule has 0 unspecified atom stereocenters. The zero-order chi connectivity index (χ0) is 17.1. The van der Waals surface area contributed by atoms with E-state index in [4.69, 9.17) is 4.74 Å². The van der Waals surface area contributed by atoms with Crippen molar-refractivity contribution in [3.63, 3.8) is 0 Å². The Hall–Kier alpha value is -1.54. The molecule has 0 saturated carbocycles. The van der Waals surface area contributed by atoms with Gasteiger partial charge in [-0.2, -0.15) is 0 Å². The van der Waals surface area contributed by atoms with E-state index in [1.165, 1.54) is 35.1 Å². The maximum Gasteiger partial charge on any atom is 0.341 e. The van der Waals surface area contributed by atoms with Crippen LogP contribution in [0.2, 0.25) is 0 Å². The minimum atomic E-state index is -0.405. The lowest BCUT2D eigenvalue weighted by Crippen LogP contribution is -2.34. The monoisotopic (exact) mass is 368 g/mol.